The van der Waals surface area contributed by atoms with Crippen LogP contribution in [0.3, 0.4) is 0 Å². The molecule has 0 unspecified atom stereocenters. The molecule has 83 heavy (non-hydrogen) atoms. The van der Waals surface area contributed by atoms with Crippen molar-refractivity contribution in [2.24, 2.45) is 11.3 Å². The Morgan fingerprint density at radius 1 is 0.904 bits per heavy atom. The predicted octanol–water partition coefficient (Wildman–Crippen LogP) is 4.84. The highest BCUT2D eigenvalue weighted by Gasteiger charge is 2.52. The van der Waals surface area contributed by atoms with Crippen molar-refractivity contribution in [3.8, 4) is 11.4 Å². The number of fused-ring (bicyclic) bond motifs is 5. The van der Waals surface area contributed by atoms with Crippen molar-refractivity contribution < 1.29 is 71.5 Å². The Morgan fingerprint density at radius 3 is 2.24 bits per heavy atom. The number of pyridine rings is 2. The molecule has 2 aromatic heterocycles. The Labute approximate surface area is 483 Å². The van der Waals surface area contributed by atoms with Crippen molar-refractivity contribution in [2.75, 3.05) is 66.8 Å². The van der Waals surface area contributed by atoms with Crippen LogP contribution in [0.15, 0.2) is 16.9 Å². The number of amides is 4. The van der Waals surface area contributed by atoms with Crippen LogP contribution in [-0.2, 0) is 87.2 Å². The first-order valence-corrected chi connectivity index (χ1v) is 29.2. The first-order chi connectivity index (χ1) is 39.5. The number of carboxylic acids is 1. The minimum Gasteiger partial charge on any atom is -0.481 e. The van der Waals surface area contributed by atoms with E-state index in [1.807, 2.05) is 34.9 Å². The second-order valence-corrected chi connectivity index (χ2v) is 22.8. The number of hydrogen-bond donors (Lipinski definition) is 4. The van der Waals surface area contributed by atoms with Crippen molar-refractivity contribution in [1.29, 1.82) is 0 Å². The van der Waals surface area contributed by atoms with Crippen molar-refractivity contribution in [3.63, 3.8) is 0 Å². The van der Waals surface area contributed by atoms with Crippen LogP contribution in [0, 0.1) is 24.1 Å². The summed E-state index contributed by atoms with van der Waals surface area (Å²) in [4.78, 5) is 129. The molecule has 4 amide bonds. The average molecular weight is 1160 g/mol. The van der Waals surface area contributed by atoms with E-state index in [2.05, 4.69) is 20.9 Å². The number of aromatic nitrogens is 2. The quantitative estimate of drug-likeness (QED) is 0.0401. The number of likely N-dealkylation sites (tertiary alicyclic amines) is 1. The molecule has 454 valence electrons. The molecular weight excluding hydrogens is 1080 g/mol. The minimum absolute atomic E-state index is 0.0505. The Kier molecular flexibility index (Phi) is 21.4. The van der Waals surface area contributed by atoms with Gasteiger partial charge in [0.15, 0.2) is 0 Å². The molecule has 22 nitrogen and oxygen atoms in total. The minimum atomic E-state index is -2.14. The Hall–Kier alpha value is -6.69. The number of Topliss-reactive ketones (excluding diaryl/α,β-unsaturated/α-hetero) is 1. The van der Waals surface area contributed by atoms with Crippen LogP contribution in [0.25, 0.3) is 22.3 Å². The second kappa shape index (κ2) is 27.8. The Balaban J connectivity index is 0.919. The van der Waals surface area contributed by atoms with E-state index in [0.29, 0.717) is 54.7 Å². The van der Waals surface area contributed by atoms with Gasteiger partial charge in [0.25, 0.3) is 5.56 Å². The fourth-order valence-electron chi connectivity index (χ4n) is 11.7. The fourth-order valence-corrected chi connectivity index (χ4v) is 11.7. The van der Waals surface area contributed by atoms with Gasteiger partial charge in [0.2, 0.25) is 29.2 Å². The molecule has 1 aliphatic carbocycles. The predicted molar refractivity (Wildman–Crippen MR) is 301 cm³/mol. The average Bonchev–Trinajstić information content (AvgIpc) is 2.17. The zero-order valence-corrected chi connectivity index (χ0v) is 49.4. The van der Waals surface area contributed by atoms with E-state index in [-0.39, 0.29) is 119 Å². The number of nitrogens with one attached hydrogen (secondary N) is 3. The van der Waals surface area contributed by atoms with E-state index in [1.165, 1.54) is 11.0 Å². The van der Waals surface area contributed by atoms with Gasteiger partial charge in [0.1, 0.15) is 36.3 Å². The van der Waals surface area contributed by atoms with Crippen LogP contribution < -0.4 is 21.5 Å². The van der Waals surface area contributed by atoms with E-state index in [4.69, 9.17) is 28.7 Å². The standard InChI is InChI=1S/C60H82FN7O15/c1-10-59(7,11-2)46(69)16-13-17-47(70)62-21-24-80-26-28-81-27-25-79-23-20-48(71)63-42(31-49(72)73)56(76)67-22-14-15-44(67)54(74)65-52(34(4)5)57(77)83-60(12-3)39-29-45-53-37(32-68(45)55(75)38(39)33-82-58(60)78)51-43(66(8)9)19-18-36-35(6)40(61)30-41(64-53)50(36)51/h29-30,34,42-44,52H,10-28,31-33H2,1-9H3,(H,62,70)(H,63,71)(H,65,74)(H,72,73)/t42-,43-,44-,52-,60-/m0/s1. The second-order valence-electron chi connectivity index (χ2n) is 22.8. The summed E-state index contributed by atoms with van der Waals surface area (Å²) in [6, 6.07) is -1.11. The molecule has 1 saturated heterocycles. The SMILES string of the molecule is CCC(C)(CC)C(=O)CCCC(=O)NCCOCCOCCOCCC(=O)N[C@@H](CC(=O)O)C(=O)N1CCC[C@H]1C(=O)N[C@H](C(=O)O[C@]1(CC)C(=O)OCc2c1cc1n(c2=O)Cc2c-1nc1cc(F)c(C)c3c1c2[C@@H](N(C)C)CC3)C(C)C. The summed E-state index contributed by atoms with van der Waals surface area (Å²) in [6.07, 6.45) is 3.37. The number of ether oxygens (including phenoxy) is 5. The zero-order valence-electron chi connectivity index (χ0n) is 49.4. The number of carbonyl (C=O) groups excluding carboxylic acids is 7. The molecule has 0 saturated carbocycles. The van der Waals surface area contributed by atoms with Gasteiger partial charge < -0.3 is 59.1 Å². The number of esters is 2. The molecule has 0 bridgehead atoms. The van der Waals surface area contributed by atoms with Crippen LogP contribution in [0.1, 0.15) is 152 Å². The lowest BCUT2D eigenvalue weighted by molar-refractivity contribution is -0.191. The molecule has 3 aromatic rings. The monoisotopic (exact) mass is 1160 g/mol. The van der Waals surface area contributed by atoms with Gasteiger partial charge in [-0.2, -0.15) is 0 Å². The molecule has 23 heteroatoms. The third-order valence-electron chi connectivity index (χ3n) is 17.1. The van der Waals surface area contributed by atoms with Crippen LogP contribution in [0.4, 0.5) is 4.39 Å². The number of carbonyl (C=O) groups is 8. The molecule has 4 aliphatic rings. The zero-order chi connectivity index (χ0) is 60.5. The number of halogens is 1. The number of rotatable bonds is 30. The van der Waals surface area contributed by atoms with Gasteiger partial charge in [-0.25, -0.2) is 19.0 Å². The highest BCUT2D eigenvalue weighted by Crippen LogP contribution is 2.47. The Morgan fingerprint density at radius 2 is 1.59 bits per heavy atom. The van der Waals surface area contributed by atoms with Gasteiger partial charge in [0, 0.05) is 66.4 Å². The lowest BCUT2D eigenvalue weighted by Gasteiger charge is -2.37. The molecule has 1 aromatic carbocycles. The third kappa shape index (κ3) is 14.0. The lowest BCUT2D eigenvalue weighted by Crippen LogP contribution is -2.57. The van der Waals surface area contributed by atoms with Gasteiger partial charge >= 0.3 is 17.9 Å². The van der Waals surface area contributed by atoms with Crippen LogP contribution in [0.2, 0.25) is 0 Å². The van der Waals surface area contributed by atoms with Gasteiger partial charge in [-0.15, -0.1) is 0 Å². The number of benzene rings is 1. The molecule has 0 spiro atoms. The Bertz CT molecular complexity index is 3030. The summed E-state index contributed by atoms with van der Waals surface area (Å²) in [5, 5.41) is 18.6. The summed E-state index contributed by atoms with van der Waals surface area (Å²) in [5.74, 6) is -6.54. The first kappa shape index (κ1) is 63.9. The molecule has 7 rings (SSSR count). The van der Waals surface area contributed by atoms with Gasteiger partial charge in [-0.3, -0.25) is 33.6 Å². The maximum atomic E-state index is 15.5. The normalized spacial score (nSPS) is 18.7. The number of cyclic esters (lactones) is 1. The van der Waals surface area contributed by atoms with Crippen LogP contribution >= 0.6 is 0 Å². The van der Waals surface area contributed by atoms with Crippen LogP contribution in [0.5, 0.6) is 0 Å². The molecule has 1 fully saturated rings. The largest absolute Gasteiger partial charge is 0.481 e. The first-order valence-electron chi connectivity index (χ1n) is 29.2. The lowest BCUT2D eigenvalue weighted by atomic mass is 9.78. The highest BCUT2D eigenvalue weighted by atomic mass is 19.1. The number of aliphatic carboxylic acids is 1. The van der Waals surface area contributed by atoms with E-state index in [1.54, 1.807) is 38.3 Å². The number of nitrogens with zero attached hydrogens (tertiary/aromatic N) is 4. The van der Waals surface area contributed by atoms with Gasteiger partial charge in [-0.1, -0.05) is 41.5 Å². The highest BCUT2D eigenvalue weighted by molar-refractivity contribution is 5.97. The molecule has 3 aliphatic heterocycles. The van der Waals surface area contributed by atoms with Crippen molar-refractivity contribution >= 4 is 58.2 Å². The van der Waals surface area contributed by atoms with E-state index < -0.39 is 83.9 Å². The number of hydrogen-bond acceptors (Lipinski definition) is 16. The van der Waals surface area contributed by atoms with Gasteiger partial charge in [-0.05, 0) is 101 Å². The molecular formula is C60H82FN7O15. The smallest absolute Gasteiger partial charge is 0.355 e. The molecule has 5 atom stereocenters. The van der Waals surface area contributed by atoms with Crippen LogP contribution in [-0.4, -0.2) is 157 Å². The fraction of sp³-hybridized carbons (Fsp3) is 0.633. The molecule has 0 radical (unpaired) electrons. The number of carboxylic acid groups (broad SMARTS) is 1. The summed E-state index contributed by atoms with van der Waals surface area (Å²) in [6.45, 7) is 13.8. The summed E-state index contributed by atoms with van der Waals surface area (Å²) in [5.41, 5.74) is 1.72. The van der Waals surface area contributed by atoms with Crippen molar-refractivity contribution in [1.82, 2.24) is 35.3 Å². The van der Waals surface area contributed by atoms with Gasteiger partial charge in [0.05, 0.1) is 75.1 Å². The molecule has 5 heterocycles. The summed E-state index contributed by atoms with van der Waals surface area (Å²) in [7, 11) is 3.95. The van der Waals surface area contributed by atoms with Crippen molar-refractivity contribution in [3.05, 3.63) is 61.7 Å². The number of aryl methyl sites for hydroxylation is 1. The van der Waals surface area contributed by atoms with E-state index in [9.17, 15) is 48.3 Å². The summed E-state index contributed by atoms with van der Waals surface area (Å²) < 4.78 is 45.3. The summed E-state index contributed by atoms with van der Waals surface area (Å²) >= 11 is 0. The molecule has 4 N–H and O–H groups in total. The maximum absolute atomic E-state index is 15.5. The third-order valence-corrected chi connectivity index (χ3v) is 17.1. The van der Waals surface area contributed by atoms with Crippen molar-refractivity contribution in [2.45, 2.75) is 168 Å². The van der Waals surface area contributed by atoms with E-state index in [0.717, 1.165) is 41.3 Å². The topological polar surface area (TPSA) is 280 Å². The number of ketones is 1. The van der Waals surface area contributed by atoms with E-state index >= 15 is 4.39 Å². The maximum Gasteiger partial charge on any atom is 0.355 e.